The minimum atomic E-state index is -0.752. The lowest BCUT2D eigenvalue weighted by Crippen LogP contribution is -2.54. The van der Waals surface area contributed by atoms with E-state index in [9.17, 15) is 9.59 Å². The molecule has 0 aliphatic heterocycles. The van der Waals surface area contributed by atoms with E-state index in [4.69, 9.17) is 15.2 Å². The van der Waals surface area contributed by atoms with Crippen LogP contribution in [0.3, 0.4) is 0 Å². The first-order valence-corrected chi connectivity index (χ1v) is 9.12. The fourth-order valence-corrected chi connectivity index (χ4v) is 3.10. The molecule has 1 aromatic rings. The summed E-state index contributed by atoms with van der Waals surface area (Å²) in [6.07, 6.45) is 4.59. The highest BCUT2D eigenvalue weighted by Crippen LogP contribution is 2.29. The number of hydrogen-bond acceptors (Lipinski definition) is 5. The molecule has 0 atom stereocenters. The lowest BCUT2D eigenvalue weighted by Gasteiger charge is -2.31. The molecule has 26 heavy (non-hydrogen) atoms. The van der Waals surface area contributed by atoms with E-state index in [-0.39, 0.29) is 18.4 Å². The molecule has 4 N–H and O–H groups in total. The minimum Gasteiger partial charge on any atom is -0.493 e. The number of hydrogen-bond donors (Lipinski definition) is 3. The molecule has 7 nitrogen and oxygen atoms in total. The maximum absolute atomic E-state index is 12.4. The summed E-state index contributed by atoms with van der Waals surface area (Å²) in [6.45, 7) is 2.70. The first-order chi connectivity index (χ1) is 12.5. The van der Waals surface area contributed by atoms with E-state index < -0.39 is 5.54 Å². The maximum Gasteiger partial charge on any atom is 0.257 e. The summed E-state index contributed by atoms with van der Waals surface area (Å²) in [5.74, 6) is 0.705. The standard InChI is InChI=1S/C19H29N3O4/c1-3-21-17(23)13-26-15-8-7-14(11-16(15)25-2)12-22-18(24)19(20)9-5-4-6-10-19/h7-8,11H,3-6,9-10,12-13,20H2,1-2H3,(H,21,23)(H,22,24). The number of carbonyl (C=O) groups is 2. The van der Waals surface area contributed by atoms with Crippen molar-refractivity contribution in [3.63, 3.8) is 0 Å². The lowest BCUT2D eigenvalue weighted by atomic mass is 9.82. The summed E-state index contributed by atoms with van der Waals surface area (Å²) in [7, 11) is 1.54. The van der Waals surface area contributed by atoms with Gasteiger partial charge in [0, 0.05) is 13.1 Å². The highest BCUT2D eigenvalue weighted by Gasteiger charge is 2.34. The number of likely N-dealkylation sites (N-methyl/N-ethyl adjacent to an activating group) is 1. The van der Waals surface area contributed by atoms with Crippen molar-refractivity contribution >= 4 is 11.8 Å². The van der Waals surface area contributed by atoms with Gasteiger partial charge in [-0.1, -0.05) is 25.3 Å². The molecule has 0 unspecified atom stereocenters. The summed E-state index contributed by atoms with van der Waals surface area (Å²) in [4.78, 5) is 23.9. The summed E-state index contributed by atoms with van der Waals surface area (Å²) in [5, 5.41) is 5.59. The quantitative estimate of drug-likeness (QED) is 0.649. The molecule has 1 fully saturated rings. The van der Waals surface area contributed by atoms with Gasteiger partial charge in [0.2, 0.25) is 5.91 Å². The second-order valence-corrected chi connectivity index (χ2v) is 6.63. The summed E-state index contributed by atoms with van der Waals surface area (Å²) in [6, 6.07) is 5.36. The Bertz CT molecular complexity index is 627. The van der Waals surface area contributed by atoms with Crippen molar-refractivity contribution in [2.24, 2.45) is 5.73 Å². The number of amides is 2. The Morgan fingerprint density at radius 3 is 2.54 bits per heavy atom. The van der Waals surface area contributed by atoms with Gasteiger partial charge >= 0.3 is 0 Å². The first kappa shape index (κ1) is 20.0. The Balaban J connectivity index is 1.93. The highest BCUT2D eigenvalue weighted by molar-refractivity contribution is 5.86. The fraction of sp³-hybridized carbons (Fsp3) is 0.579. The molecule has 1 aliphatic rings. The Labute approximate surface area is 154 Å². The van der Waals surface area contributed by atoms with Crippen molar-refractivity contribution in [3.05, 3.63) is 23.8 Å². The van der Waals surface area contributed by atoms with Crippen LogP contribution in [-0.2, 0) is 16.1 Å². The van der Waals surface area contributed by atoms with Gasteiger partial charge in [0.15, 0.2) is 18.1 Å². The van der Waals surface area contributed by atoms with Crippen LogP contribution in [0, 0.1) is 0 Å². The molecule has 0 heterocycles. The lowest BCUT2D eigenvalue weighted by molar-refractivity contribution is -0.127. The molecular formula is C19H29N3O4. The molecular weight excluding hydrogens is 334 g/mol. The predicted octanol–water partition coefficient (Wildman–Crippen LogP) is 1.49. The number of carbonyl (C=O) groups excluding carboxylic acids is 2. The zero-order valence-electron chi connectivity index (χ0n) is 15.6. The molecule has 2 amide bonds. The van der Waals surface area contributed by atoms with Crippen molar-refractivity contribution in [1.82, 2.24) is 10.6 Å². The molecule has 1 saturated carbocycles. The van der Waals surface area contributed by atoms with Crippen LogP contribution < -0.4 is 25.8 Å². The number of ether oxygens (including phenoxy) is 2. The largest absolute Gasteiger partial charge is 0.493 e. The van der Waals surface area contributed by atoms with Gasteiger partial charge in [-0.15, -0.1) is 0 Å². The smallest absolute Gasteiger partial charge is 0.257 e. The fourth-order valence-electron chi connectivity index (χ4n) is 3.10. The van der Waals surface area contributed by atoms with E-state index in [0.29, 0.717) is 24.6 Å². The van der Waals surface area contributed by atoms with Gasteiger partial charge in [-0.05, 0) is 37.5 Å². The van der Waals surface area contributed by atoms with Gasteiger partial charge in [-0.2, -0.15) is 0 Å². The van der Waals surface area contributed by atoms with E-state index in [0.717, 1.165) is 37.7 Å². The third kappa shape index (κ3) is 5.36. The average Bonchev–Trinajstić information content (AvgIpc) is 2.65. The van der Waals surface area contributed by atoms with Crippen molar-refractivity contribution in [3.8, 4) is 11.5 Å². The van der Waals surface area contributed by atoms with Crippen LogP contribution in [-0.4, -0.2) is 37.6 Å². The van der Waals surface area contributed by atoms with Crippen molar-refractivity contribution in [2.45, 2.75) is 51.1 Å². The van der Waals surface area contributed by atoms with Gasteiger partial charge in [-0.3, -0.25) is 9.59 Å². The van der Waals surface area contributed by atoms with Crippen LogP contribution >= 0.6 is 0 Å². The van der Waals surface area contributed by atoms with Crippen LogP contribution in [0.15, 0.2) is 18.2 Å². The number of methoxy groups -OCH3 is 1. The van der Waals surface area contributed by atoms with Crippen LogP contribution in [0.4, 0.5) is 0 Å². The van der Waals surface area contributed by atoms with Gasteiger partial charge in [0.05, 0.1) is 12.6 Å². The zero-order chi connectivity index (χ0) is 19.0. The molecule has 144 valence electrons. The zero-order valence-corrected chi connectivity index (χ0v) is 15.6. The van der Waals surface area contributed by atoms with Gasteiger partial charge in [0.1, 0.15) is 0 Å². The number of nitrogens with two attached hydrogens (primary N) is 1. The maximum atomic E-state index is 12.4. The van der Waals surface area contributed by atoms with Gasteiger partial charge < -0.3 is 25.8 Å². The van der Waals surface area contributed by atoms with E-state index in [2.05, 4.69) is 10.6 Å². The normalized spacial score (nSPS) is 15.8. The molecule has 2 rings (SSSR count). The molecule has 1 aromatic carbocycles. The molecule has 0 saturated heterocycles. The Hall–Kier alpha value is -2.28. The topological polar surface area (TPSA) is 103 Å². The van der Waals surface area contributed by atoms with Crippen LogP contribution in [0.5, 0.6) is 11.5 Å². The first-order valence-electron chi connectivity index (χ1n) is 9.12. The number of rotatable bonds is 8. The third-order valence-corrected chi connectivity index (χ3v) is 4.61. The van der Waals surface area contributed by atoms with Crippen LogP contribution in [0.1, 0.15) is 44.6 Å². The SMILES string of the molecule is CCNC(=O)COc1ccc(CNC(=O)C2(N)CCCCC2)cc1OC. The summed E-state index contributed by atoms with van der Waals surface area (Å²) >= 11 is 0. The van der Waals surface area contributed by atoms with Crippen LogP contribution in [0.2, 0.25) is 0 Å². The Kier molecular flexibility index (Phi) is 7.26. The molecule has 0 radical (unpaired) electrons. The monoisotopic (exact) mass is 363 g/mol. The number of benzene rings is 1. The van der Waals surface area contributed by atoms with Crippen molar-refractivity contribution in [2.75, 3.05) is 20.3 Å². The van der Waals surface area contributed by atoms with E-state index in [1.165, 1.54) is 7.11 Å². The van der Waals surface area contributed by atoms with Gasteiger partial charge in [-0.25, -0.2) is 0 Å². The molecule has 7 heteroatoms. The van der Waals surface area contributed by atoms with E-state index >= 15 is 0 Å². The molecule has 0 bridgehead atoms. The Morgan fingerprint density at radius 1 is 1.15 bits per heavy atom. The minimum absolute atomic E-state index is 0.0734. The molecule has 0 aromatic heterocycles. The van der Waals surface area contributed by atoms with E-state index in [1.807, 2.05) is 13.0 Å². The van der Waals surface area contributed by atoms with Crippen molar-refractivity contribution < 1.29 is 19.1 Å². The van der Waals surface area contributed by atoms with E-state index in [1.54, 1.807) is 12.1 Å². The highest BCUT2D eigenvalue weighted by atomic mass is 16.5. The Morgan fingerprint density at radius 2 is 1.88 bits per heavy atom. The third-order valence-electron chi connectivity index (χ3n) is 4.61. The summed E-state index contributed by atoms with van der Waals surface area (Å²) in [5.41, 5.74) is 6.37. The molecule has 0 spiro atoms. The predicted molar refractivity (Wildman–Crippen MR) is 99.0 cm³/mol. The number of nitrogens with one attached hydrogen (secondary N) is 2. The second-order valence-electron chi connectivity index (χ2n) is 6.63. The summed E-state index contributed by atoms with van der Waals surface area (Å²) < 4.78 is 10.8. The van der Waals surface area contributed by atoms with Crippen LogP contribution in [0.25, 0.3) is 0 Å². The van der Waals surface area contributed by atoms with Gasteiger partial charge in [0.25, 0.3) is 5.91 Å². The average molecular weight is 363 g/mol. The second kappa shape index (κ2) is 9.43. The molecule has 1 aliphatic carbocycles. The van der Waals surface area contributed by atoms with Crippen molar-refractivity contribution in [1.29, 1.82) is 0 Å².